The van der Waals surface area contributed by atoms with E-state index in [0.717, 1.165) is 4.90 Å². The minimum atomic E-state index is -0.463. The molecular weight excluding hydrogens is 291 g/mol. The average molecular weight is 301 g/mol. The van der Waals surface area contributed by atoms with E-state index in [1.165, 1.54) is 18.2 Å². The molecule has 100 valence electrons. The molecule has 1 aliphatic rings. The van der Waals surface area contributed by atoms with Crippen LogP contribution >= 0.6 is 23.2 Å². The molecule has 1 aromatic rings. The topological polar surface area (TPSA) is 69.6 Å². The second-order valence-electron chi connectivity index (χ2n) is 3.87. The molecule has 1 heterocycles. The SMILES string of the molecule is CCN1C(=O)N/C(=C/c2cc(Cl)c(O)c(Cl)c2)C1=O. The number of urea groups is 1. The number of phenolic OH excluding ortho intramolecular Hbond substituents is 1. The van der Waals surface area contributed by atoms with Crippen LogP contribution < -0.4 is 5.32 Å². The van der Waals surface area contributed by atoms with Crippen molar-refractivity contribution in [1.82, 2.24) is 10.2 Å². The number of carbonyl (C=O) groups is 2. The van der Waals surface area contributed by atoms with Gasteiger partial charge < -0.3 is 10.4 Å². The minimum Gasteiger partial charge on any atom is -0.505 e. The fourth-order valence-electron chi connectivity index (χ4n) is 1.69. The molecule has 0 saturated carbocycles. The van der Waals surface area contributed by atoms with Crippen LogP contribution in [0.5, 0.6) is 5.75 Å². The van der Waals surface area contributed by atoms with Crippen LogP contribution in [0.3, 0.4) is 0 Å². The Kier molecular flexibility index (Phi) is 3.68. The molecule has 0 aliphatic carbocycles. The van der Waals surface area contributed by atoms with E-state index in [2.05, 4.69) is 5.32 Å². The van der Waals surface area contributed by atoms with E-state index in [1.807, 2.05) is 0 Å². The molecule has 0 spiro atoms. The van der Waals surface area contributed by atoms with E-state index in [-0.39, 0.29) is 21.5 Å². The van der Waals surface area contributed by atoms with Gasteiger partial charge in [-0.25, -0.2) is 4.79 Å². The zero-order valence-electron chi connectivity index (χ0n) is 9.91. The third-order valence-corrected chi connectivity index (χ3v) is 3.20. The van der Waals surface area contributed by atoms with Crippen molar-refractivity contribution in [3.05, 3.63) is 33.4 Å². The van der Waals surface area contributed by atoms with Gasteiger partial charge in [0.2, 0.25) is 0 Å². The number of halogens is 2. The van der Waals surface area contributed by atoms with Gasteiger partial charge in [0.15, 0.2) is 5.75 Å². The molecule has 1 fully saturated rings. The van der Waals surface area contributed by atoms with Crippen LogP contribution in [0, 0.1) is 0 Å². The summed E-state index contributed by atoms with van der Waals surface area (Å²) in [5.74, 6) is -0.629. The average Bonchev–Trinajstić information content (AvgIpc) is 2.61. The molecule has 2 N–H and O–H groups in total. The van der Waals surface area contributed by atoms with Gasteiger partial charge in [0, 0.05) is 6.54 Å². The number of imide groups is 1. The van der Waals surface area contributed by atoms with Gasteiger partial charge in [0.05, 0.1) is 10.0 Å². The minimum absolute atomic E-state index is 0.0727. The Morgan fingerprint density at radius 1 is 1.32 bits per heavy atom. The van der Waals surface area contributed by atoms with Gasteiger partial charge in [-0.2, -0.15) is 0 Å². The fourth-order valence-corrected chi connectivity index (χ4v) is 2.20. The maximum Gasteiger partial charge on any atom is 0.328 e. The van der Waals surface area contributed by atoms with E-state index in [1.54, 1.807) is 6.92 Å². The second kappa shape index (κ2) is 5.11. The van der Waals surface area contributed by atoms with E-state index in [0.29, 0.717) is 12.1 Å². The summed E-state index contributed by atoms with van der Waals surface area (Å²) in [5.41, 5.74) is 0.652. The smallest absolute Gasteiger partial charge is 0.328 e. The number of likely N-dealkylation sites (N-methyl/N-ethyl adjacent to an activating group) is 1. The van der Waals surface area contributed by atoms with Crippen LogP contribution in [-0.4, -0.2) is 28.5 Å². The van der Waals surface area contributed by atoms with Gasteiger partial charge in [0.25, 0.3) is 5.91 Å². The summed E-state index contributed by atoms with van der Waals surface area (Å²) in [6, 6.07) is 2.43. The monoisotopic (exact) mass is 300 g/mol. The summed E-state index contributed by atoms with van der Waals surface area (Å²) >= 11 is 11.6. The normalized spacial score (nSPS) is 17.2. The lowest BCUT2D eigenvalue weighted by atomic mass is 10.2. The highest BCUT2D eigenvalue weighted by Gasteiger charge is 2.31. The zero-order valence-corrected chi connectivity index (χ0v) is 11.4. The molecule has 1 aromatic carbocycles. The number of phenols is 1. The largest absolute Gasteiger partial charge is 0.505 e. The lowest BCUT2D eigenvalue weighted by Crippen LogP contribution is -2.30. The molecule has 3 amide bonds. The third-order valence-electron chi connectivity index (χ3n) is 2.63. The molecular formula is C12H10Cl2N2O3. The predicted molar refractivity (Wildman–Crippen MR) is 72.0 cm³/mol. The van der Waals surface area contributed by atoms with Crippen LogP contribution in [-0.2, 0) is 4.79 Å². The molecule has 2 rings (SSSR count). The molecule has 0 atom stereocenters. The van der Waals surface area contributed by atoms with Crippen molar-refractivity contribution in [3.8, 4) is 5.75 Å². The van der Waals surface area contributed by atoms with E-state index >= 15 is 0 Å². The van der Waals surface area contributed by atoms with Gasteiger partial charge in [-0.1, -0.05) is 23.2 Å². The van der Waals surface area contributed by atoms with Crippen molar-refractivity contribution >= 4 is 41.2 Å². The Bertz CT molecular complexity index is 576. The van der Waals surface area contributed by atoms with Gasteiger partial charge in [0.1, 0.15) is 5.70 Å². The number of hydrogen-bond donors (Lipinski definition) is 2. The number of nitrogens with one attached hydrogen (secondary N) is 1. The maximum absolute atomic E-state index is 11.8. The van der Waals surface area contributed by atoms with E-state index in [4.69, 9.17) is 23.2 Å². The summed E-state index contributed by atoms with van der Waals surface area (Å²) in [7, 11) is 0. The first kappa shape index (κ1) is 13.7. The summed E-state index contributed by atoms with van der Waals surface area (Å²) in [4.78, 5) is 24.4. The molecule has 0 aromatic heterocycles. The van der Waals surface area contributed by atoms with Crippen molar-refractivity contribution < 1.29 is 14.7 Å². The Balaban J connectivity index is 2.38. The molecule has 1 aliphatic heterocycles. The maximum atomic E-state index is 11.8. The number of benzene rings is 1. The highest BCUT2D eigenvalue weighted by molar-refractivity contribution is 6.37. The van der Waals surface area contributed by atoms with Crippen molar-refractivity contribution in [2.75, 3.05) is 6.54 Å². The molecule has 19 heavy (non-hydrogen) atoms. The molecule has 1 saturated heterocycles. The van der Waals surface area contributed by atoms with Crippen molar-refractivity contribution in [2.45, 2.75) is 6.92 Å². The van der Waals surface area contributed by atoms with Gasteiger partial charge >= 0.3 is 6.03 Å². The van der Waals surface area contributed by atoms with Crippen LogP contribution in [0.2, 0.25) is 10.0 Å². The first-order valence-electron chi connectivity index (χ1n) is 5.46. The second-order valence-corrected chi connectivity index (χ2v) is 4.69. The number of aromatic hydroxyl groups is 1. The molecule has 0 unspecified atom stereocenters. The highest BCUT2D eigenvalue weighted by atomic mass is 35.5. The number of nitrogens with zero attached hydrogens (tertiary/aromatic N) is 1. The standard InChI is InChI=1S/C12H10Cl2N2O3/c1-2-16-11(18)9(15-12(16)19)5-6-3-7(13)10(17)8(14)4-6/h3-5,17H,2H2,1H3,(H,15,19)/b9-5+. The van der Waals surface area contributed by atoms with Gasteiger partial charge in [-0.05, 0) is 30.7 Å². The van der Waals surface area contributed by atoms with Crippen LogP contribution in [0.4, 0.5) is 4.79 Å². The third kappa shape index (κ3) is 2.52. The first-order chi connectivity index (χ1) is 8.93. The van der Waals surface area contributed by atoms with Gasteiger partial charge in [-0.15, -0.1) is 0 Å². The van der Waals surface area contributed by atoms with Crippen LogP contribution in [0.15, 0.2) is 17.8 Å². The zero-order chi connectivity index (χ0) is 14.2. The predicted octanol–water partition coefficient (Wildman–Crippen LogP) is 2.61. The number of rotatable bonds is 2. The van der Waals surface area contributed by atoms with Crippen molar-refractivity contribution in [2.24, 2.45) is 0 Å². The van der Waals surface area contributed by atoms with Crippen LogP contribution in [0.1, 0.15) is 12.5 Å². The summed E-state index contributed by atoms with van der Waals surface area (Å²) in [5, 5.41) is 12.0. The fraction of sp³-hybridized carbons (Fsp3) is 0.167. The summed E-state index contributed by atoms with van der Waals surface area (Å²) < 4.78 is 0. The number of hydrogen-bond acceptors (Lipinski definition) is 3. The molecule has 5 nitrogen and oxygen atoms in total. The first-order valence-corrected chi connectivity index (χ1v) is 6.22. The van der Waals surface area contributed by atoms with E-state index < -0.39 is 11.9 Å². The Hall–Kier alpha value is -1.72. The number of amides is 3. The summed E-state index contributed by atoms with van der Waals surface area (Å²) in [6.45, 7) is 1.99. The molecule has 0 radical (unpaired) electrons. The molecule has 0 bridgehead atoms. The van der Waals surface area contributed by atoms with E-state index in [9.17, 15) is 14.7 Å². The lowest BCUT2D eigenvalue weighted by Gasteiger charge is -2.06. The van der Waals surface area contributed by atoms with Crippen molar-refractivity contribution in [1.29, 1.82) is 0 Å². The quantitative estimate of drug-likeness (QED) is 0.651. The number of carbonyl (C=O) groups excluding carboxylic acids is 2. The van der Waals surface area contributed by atoms with Crippen molar-refractivity contribution in [3.63, 3.8) is 0 Å². The Labute approximate surface area is 119 Å². The Morgan fingerprint density at radius 3 is 2.37 bits per heavy atom. The highest BCUT2D eigenvalue weighted by Crippen LogP contribution is 2.33. The van der Waals surface area contributed by atoms with Crippen LogP contribution in [0.25, 0.3) is 6.08 Å². The Morgan fingerprint density at radius 2 is 1.89 bits per heavy atom. The lowest BCUT2D eigenvalue weighted by molar-refractivity contribution is -0.122. The molecule has 7 heteroatoms. The summed E-state index contributed by atoms with van der Waals surface area (Å²) in [6.07, 6.45) is 1.45. The van der Waals surface area contributed by atoms with Gasteiger partial charge in [-0.3, -0.25) is 9.69 Å².